The van der Waals surface area contributed by atoms with Gasteiger partial charge in [-0.25, -0.2) is 0 Å². The fourth-order valence-corrected chi connectivity index (χ4v) is 8.62. The normalized spacial score (nSPS) is 19.9. The van der Waals surface area contributed by atoms with Gasteiger partial charge >= 0.3 is 0 Å². The molecular weight excluding hydrogens is 923 g/mol. The Morgan fingerprint density at radius 1 is 0.473 bits per heavy atom. The van der Waals surface area contributed by atoms with Crippen molar-refractivity contribution in [2.24, 2.45) is 0 Å². The summed E-state index contributed by atoms with van der Waals surface area (Å²) in [7, 11) is 0. The fourth-order valence-electron chi connectivity index (χ4n) is 8.62. The minimum Gasteiger partial charge on any atom is -0.394 e. The van der Waals surface area contributed by atoms with Gasteiger partial charge in [0.2, 0.25) is 5.91 Å². The first-order valence-electron chi connectivity index (χ1n) is 29.8. The predicted molar refractivity (Wildman–Crippen MR) is 313 cm³/mol. The molecule has 0 spiro atoms. The third-order valence-corrected chi connectivity index (χ3v) is 13.3. The van der Waals surface area contributed by atoms with Crippen LogP contribution < -0.4 is 5.32 Å². The van der Waals surface area contributed by atoms with Gasteiger partial charge in [0.25, 0.3) is 0 Å². The van der Waals surface area contributed by atoms with E-state index >= 15 is 0 Å². The molecule has 7 atom stereocenters. The van der Waals surface area contributed by atoms with E-state index in [4.69, 9.17) is 9.47 Å². The molecule has 0 aromatic carbocycles. The lowest BCUT2D eigenvalue weighted by atomic mass is 9.99. The number of aliphatic hydroxyl groups excluding tert-OH is 5. The van der Waals surface area contributed by atoms with Crippen LogP contribution in [0.25, 0.3) is 0 Å². The molecule has 0 saturated carbocycles. The van der Waals surface area contributed by atoms with Crippen LogP contribution >= 0.6 is 0 Å². The van der Waals surface area contributed by atoms with Crippen LogP contribution in [0.4, 0.5) is 0 Å². The molecule has 422 valence electrons. The van der Waals surface area contributed by atoms with Crippen molar-refractivity contribution in [2.45, 2.75) is 269 Å². The number of nitrogens with one attached hydrogen (secondary N) is 1. The first-order valence-corrected chi connectivity index (χ1v) is 29.8. The minimum atomic E-state index is -1.58. The molecule has 0 aromatic rings. The number of aliphatic hydroxyl groups is 5. The molecule has 1 aliphatic heterocycles. The fraction of sp³-hybridized carbons (Fsp3) is 0.677. The maximum absolute atomic E-state index is 13.1. The number of unbranched alkanes of at least 4 members (excludes halogenated alkanes) is 21. The number of ether oxygens (including phenoxy) is 2. The Morgan fingerprint density at radius 3 is 1.24 bits per heavy atom. The minimum absolute atomic E-state index is 0.200. The van der Waals surface area contributed by atoms with Crippen LogP contribution in [0.15, 0.2) is 122 Å². The number of carbonyl (C=O) groups excluding carboxylic acids is 1. The molecule has 6 N–H and O–H groups in total. The van der Waals surface area contributed by atoms with Gasteiger partial charge in [-0.1, -0.05) is 251 Å². The number of hydrogen-bond acceptors (Lipinski definition) is 8. The maximum atomic E-state index is 13.1. The van der Waals surface area contributed by atoms with E-state index in [2.05, 4.69) is 129 Å². The van der Waals surface area contributed by atoms with Crippen molar-refractivity contribution in [3.8, 4) is 0 Å². The Hall–Kier alpha value is -3.41. The van der Waals surface area contributed by atoms with Gasteiger partial charge in [-0.2, -0.15) is 0 Å². The summed E-state index contributed by atoms with van der Waals surface area (Å²) in [5, 5.41) is 54.5. The second kappa shape index (κ2) is 53.0. The molecule has 1 saturated heterocycles. The molecule has 0 radical (unpaired) electrons. The Kier molecular flexibility index (Phi) is 49.1. The number of allylic oxidation sites excluding steroid dienone is 19. The third kappa shape index (κ3) is 41.8. The molecule has 1 amide bonds. The smallest absolute Gasteiger partial charge is 0.220 e. The molecule has 9 heteroatoms. The molecule has 1 fully saturated rings. The van der Waals surface area contributed by atoms with Gasteiger partial charge in [-0.15, -0.1) is 0 Å². The average Bonchev–Trinajstić information content (AvgIpc) is 3.40. The predicted octanol–water partition coefficient (Wildman–Crippen LogP) is 15.1. The van der Waals surface area contributed by atoms with Crippen molar-refractivity contribution < 1.29 is 39.8 Å². The highest BCUT2D eigenvalue weighted by Gasteiger charge is 2.44. The topological polar surface area (TPSA) is 149 Å². The van der Waals surface area contributed by atoms with E-state index in [0.29, 0.717) is 6.42 Å². The number of carbonyl (C=O) groups is 1. The monoisotopic (exact) mass is 1030 g/mol. The Morgan fingerprint density at radius 2 is 0.838 bits per heavy atom. The average molecular weight is 1030 g/mol. The van der Waals surface area contributed by atoms with Gasteiger partial charge in [-0.3, -0.25) is 4.79 Å². The molecule has 0 aromatic heterocycles. The van der Waals surface area contributed by atoms with Crippen molar-refractivity contribution in [1.29, 1.82) is 0 Å². The third-order valence-electron chi connectivity index (χ3n) is 13.3. The van der Waals surface area contributed by atoms with Gasteiger partial charge in [-0.05, 0) is 89.9 Å². The molecule has 0 bridgehead atoms. The van der Waals surface area contributed by atoms with E-state index in [-0.39, 0.29) is 12.5 Å². The lowest BCUT2D eigenvalue weighted by Gasteiger charge is -2.40. The summed E-state index contributed by atoms with van der Waals surface area (Å²) in [6.07, 6.45) is 72.5. The molecule has 0 aliphatic carbocycles. The highest BCUT2D eigenvalue weighted by atomic mass is 16.7. The Bertz CT molecular complexity index is 1570. The molecule has 74 heavy (non-hydrogen) atoms. The van der Waals surface area contributed by atoms with E-state index in [1.165, 1.54) is 89.9 Å². The van der Waals surface area contributed by atoms with E-state index in [0.717, 1.165) is 116 Å². The van der Waals surface area contributed by atoms with E-state index < -0.39 is 49.5 Å². The summed E-state index contributed by atoms with van der Waals surface area (Å²) < 4.78 is 11.3. The lowest BCUT2D eigenvalue weighted by Crippen LogP contribution is -2.60. The zero-order valence-corrected chi connectivity index (χ0v) is 46.8. The van der Waals surface area contributed by atoms with Crippen molar-refractivity contribution in [2.75, 3.05) is 13.2 Å². The summed E-state index contributed by atoms with van der Waals surface area (Å²) in [6, 6.07) is -0.825. The maximum Gasteiger partial charge on any atom is 0.220 e. The van der Waals surface area contributed by atoms with Crippen LogP contribution in [0.2, 0.25) is 0 Å². The van der Waals surface area contributed by atoms with E-state index in [1.54, 1.807) is 6.08 Å². The van der Waals surface area contributed by atoms with Crippen molar-refractivity contribution >= 4 is 5.91 Å². The molecular formula is C65H109NO8. The van der Waals surface area contributed by atoms with Gasteiger partial charge in [0.1, 0.15) is 24.4 Å². The Balaban J connectivity index is 2.25. The standard InChI is InChI=1S/C65H109NO8/c1-3-5-7-9-11-13-15-17-19-21-23-24-25-26-27-28-29-30-31-32-33-34-35-36-37-39-41-43-45-47-49-51-53-55-61(69)66-58(57-73-65-64(72)63(71)62(70)60(56-67)74-65)59(68)54-52-50-48-46-44-42-40-38-22-20-18-16-14-12-10-8-6-4-2/h5,7,11,13,17,19,23-24,26-27,29-30,32-33,35-36,39,41,52,54,58-60,62-65,67-68,70-72H,3-4,6,8-10,12,14-16,18,20-22,25,28,31,34,37-38,40,42-51,53,55-57H2,1-2H3,(H,66,69)/b7-5-,13-11-,19-17-,24-23-,27-26-,30-29-,33-32-,36-35-,41-39-,54-52+. The van der Waals surface area contributed by atoms with Crippen molar-refractivity contribution in [3.63, 3.8) is 0 Å². The van der Waals surface area contributed by atoms with Crippen molar-refractivity contribution in [3.05, 3.63) is 122 Å². The van der Waals surface area contributed by atoms with Crippen LogP contribution in [0.3, 0.4) is 0 Å². The van der Waals surface area contributed by atoms with Crippen LogP contribution in [0.1, 0.15) is 226 Å². The first kappa shape index (κ1) is 68.6. The zero-order valence-electron chi connectivity index (χ0n) is 46.8. The van der Waals surface area contributed by atoms with E-state index in [9.17, 15) is 30.3 Å². The largest absolute Gasteiger partial charge is 0.394 e. The lowest BCUT2D eigenvalue weighted by molar-refractivity contribution is -0.302. The molecule has 1 heterocycles. The molecule has 7 unspecified atom stereocenters. The van der Waals surface area contributed by atoms with Gasteiger partial charge in [0.05, 0.1) is 25.4 Å². The highest BCUT2D eigenvalue weighted by Crippen LogP contribution is 2.23. The number of hydrogen-bond donors (Lipinski definition) is 6. The summed E-state index contributed by atoms with van der Waals surface area (Å²) in [4.78, 5) is 13.1. The summed E-state index contributed by atoms with van der Waals surface area (Å²) >= 11 is 0. The van der Waals surface area contributed by atoms with E-state index in [1.807, 2.05) is 6.08 Å². The number of amides is 1. The van der Waals surface area contributed by atoms with Crippen LogP contribution in [0.5, 0.6) is 0 Å². The molecule has 9 nitrogen and oxygen atoms in total. The van der Waals surface area contributed by atoms with Crippen LogP contribution in [-0.4, -0.2) is 87.5 Å². The SMILES string of the molecule is CC/C=C\C/C=C\C/C=C\C/C=C\C/C=C\C/C=C\C/C=C\C/C=C\C/C=C\CCCCCCCC(=O)NC(COC1OC(CO)C(O)C(O)C1O)C(O)/C=C/CCCCCCCCCCCCCCCCCC. The quantitative estimate of drug-likeness (QED) is 0.0261. The summed E-state index contributed by atoms with van der Waals surface area (Å²) in [6.45, 7) is 3.65. The summed E-state index contributed by atoms with van der Waals surface area (Å²) in [5.74, 6) is -0.200. The van der Waals surface area contributed by atoms with Crippen LogP contribution in [-0.2, 0) is 14.3 Å². The second-order valence-corrected chi connectivity index (χ2v) is 20.1. The summed E-state index contributed by atoms with van der Waals surface area (Å²) in [5.41, 5.74) is 0. The van der Waals surface area contributed by atoms with Gasteiger partial charge in [0.15, 0.2) is 6.29 Å². The van der Waals surface area contributed by atoms with Gasteiger partial charge in [0, 0.05) is 6.42 Å². The van der Waals surface area contributed by atoms with Gasteiger partial charge < -0.3 is 40.3 Å². The second-order valence-electron chi connectivity index (χ2n) is 20.1. The molecule has 1 rings (SSSR count). The van der Waals surface area contributed by atoms with Crippen molar-refractivity contribution in [1.82, 2.24) is 5.32 Å². The Labute approximate surface area is 452 Å². The highest BCUT2D eigenvalue weighted by molar-refractivity contribution is 5.76. The number of rotatable bonds is 49. The first-order chi connectivity index (χ1) is 36.3. The molecule has 1 aliphatic rings. The van der Waals surface area contributed by atoms with Crippen LogP contribution in [0, 0.1) is 0 Å². The zero-order chi connectivity index (χ0) is 53.6.